The molecule has 0 spiro atoms. The van der Waals surface area contributed by atoms with Gasteiger partial charge in [-0.3, -0.25) is 9.89 Å². The number of carbonyl (C=O) groups is 1. The van der Waals surface area contributed by atoms with E-state index in [2.05, 4.69) is 33.4 Å². The zero-order valence-electron chi connectivity index (χ0n) is 13.9. The summed E-state index contributed by atoms with van der Waals surface area (Å²) in [6.45, 7) is 0.603. The number of nitrogens with zero attached hydrogens (tertiary/aromatic N) is 3. The number of amides is 1. The van der Waals surface area contributed by atoms with Gasteiger partial charge in [-0.05, 0) is 36.0 Å². The number of aromatic amines is 1. The summed E-state index contributed by atoms with van der Waals surface area (Å²) in [6.07, 6.45) is 6.23. The van der Waals surface area contributed by atoms with E-state index in [0.29, 0.717) is 13.0 Å². The van der Waals surface area contributed by atoms with Crippen LogP contribution in [0.25, 0.3) is 0 Å². The number of rotatable bonds is 4. The maximum absolute atomic E-state index is 12.9. The number of benzene rings is 1. The number of nitrogens with one attached hydrogen (secondary N) is 1. The quantitative estimate of drug-likeness (QED) is 0.930. The van der Waals surface area contributed by atoms with Crippen LogP contribution in [0, 0.1) is 0 Å². The molecule has 1 saturated heterocycles. The summed E-state index contributed by atoms with van der Waals surface area (Å²) in [4.78, 5) is 19.0. The molecule has 0 bridgehead atoms. The summed E-state index contributed by atoms with van der Waals surface area (Å²) in [5, 5.41) is 6.82. The van der Waals surface area contributed by atoms with Crippen molar-refractivity contribution >= 4 is 5.91 Å². The van der Waals surface area contributed by atoms with E-state index in [4.69, 9.17) is 4.74 Å². The number of H-pyrrole nitrogens is 1. The van der Waals surface area contributed by atoms with Crippen molar-refractivity contribution in [2.45, 2.75) is 44.2 Å². The minimum absolute atomic E-state index is 0.0454. The first kappa shape index (κ1) is 15.3. The summed E-state index contributed by atoms with van der Waals surface area (Å²) < 4.78 is 5.47. The van der Waals surface area contributed by atoms with Crippen molar-refractivity contribution in [3.8, 4) is 0 Å². The molecule has 1 aromatic heterocycles. The molecule has 4 rings (SSSR count). The van der Waals surface area contributed by atoms with E-state index in [1.54, 1.807) is 7.11 Å². The molecule has 2 aliphatic rings. The molecular weight excluding hydrogens is 304 g/mol. The number of aromatic nitrogens is 3. The predicted octanol–water partition coefficient (Wildman–Crippen LogP) is 1.82. The lowest BCUT2D eigenvalue weighted by atomic mass is 10.0. The summed E-state index contributed by atoms with van der Waals surface area (Å²) in [7, 11) is 1.69. The molecular formula is C18H22N4O2. The van der Waals surface area contributed by atoms with Gasteiger partial charge in [0.15, 0.2) is 0 Å². The molecule has 1 aromatic carbocycles. The highest BCUT2D eigenvalue weighted by atomic mass is 16.5. The van der Waals surface area contributed by atoms with Crippen LogP contribution in [0.5, 0.6) is 0 Å². The van der Waals surface area contributed by atoms with E-state index in [0.717, 1.165) is 24.2 Å². The molecule has 2 atom stereocenters. The standard InChI is InChI=1S/C18H22N4O2/c1-24-15-9-16(18-19-11-20-21-18)22(10-15)17(23)8-12-5-6-13-3-2-4-14(13)7-12/h5-7,11,15-16H,2-4,8-10H2,1H3,(H,19,20,21)/t15-,16+/m1/s1. The van der Waals surface area contributed by atoms with Crippen LogP contribution in [-0.2, 0) is 28.8 Å². The third-order valence-electron chi connectivity index (χ3n) is 5.18. The Bertz CT molecular complexity index is 729. The highest BCUT2D eigenvalue weighted by Crippen LogP contribution is 2.32. The Morgan fingerprint density at radius 3 is 3.04 bits per heavy atom. The Morgan fingerprint density at radius 2 is 2.25 bits per heavy atom. The molecule has 6 heteroatoms. The van der Waals surface area contributed by atoms with Crippen LogP contribution in [0.2, 0.25) is 0 Å². The molecule has 0 radical (unpaired) electrons. The number of methoxy groups -OCH3 is 1. The third kappa shape index (κ3) is 2.82. The second kappa shape index (κ2) is 6.36. The lowest BCUT2D eigenvalue weighted by Crippen LogP contribution is -2.33. The summed E-state index contributed by atoms with van der Waals surface area (Å²) >= 11 is 0. The number of carbonyl (C=O) groups excluding carboxylic acids is 1. The van der Waals surface area contributed by atoms with Crippen molar-refractivity contribution in [1.29, 1.82) is 0 Å². The Balaban J connectivity index is 1.52. The second-order valence-electron chi connectivity index (χ2n) is 6.66. The predicted molar refractivity (Wildman–Crippen MR) is 88.4 cm³/mol. The van der Waals surface area contributed by atoms with Gasteiger partial charge in [0, 0.05) is 20.1 Å². The molecule has 6 nitrogen and oxygen atoms in total. The minimum atomic E-state index is -0.0839. The van der Waals surface area contributed by atoms with Gasteiger partial charge in [0.25, 0.3) is 0 Å². The van der Waals surface area contributed by atoms with Gasteiger partial charge in [0.1, 0.15) is 12.2 Å². The largest absolute Gasteiger partial charge is 0.380 e. The lowest BCUT2D eigenvalue weighted by molar-refractivity contribution is -0.131. The van der Waals surface area contributed by atoms with Crippen molar-refractivity contribution in [1.82, 2.24) is 20.1 Å². The van der Waals surface area contributed by atoms with E-state index in [-0.39, 0.29) is 18.1 Å². The first-order chi connectivity index (χ1) is 11.7. The fourth-order valence-electron chi connectivity index (χ4n) is 3.89. The highest BCUT2D eigenvalue weighted by molar-refractivity contribution is 5.79. The first-order valence-electron chi connectivity index (χ1n) is 8.53. The summed E-state index contributed by atoms with van der Waals surface area (Å²) in [5.74, 6) is 0.853. The second-order valence-corrected chi connectivity index (χ2v) is 6.66. The van der Waals surface area contributed by atoms with Crippen molar-refractivity contribution in [3.63, 3.8) is 0 Å². The zero-order valence-corrected chi connectivity index (χ0v) is 13.9. The van der Waals surface area contributed by atoms with Crippen LogP contribution < -0.4 is 0 Å². The third-order valence-corrected chi connectivity index (χ3v) is 5.18. The fraction of sp³-hybridized carbons (Fsp3) is 0.500. The van der Waals surface area contributed by atoms with Gasteiger partial charge in [0.05, 0.1) is 18.6 Å². The average Bonchev–Trinajstić information content (AvgIpc) is 3.33. The number of aryl methyl sites for hydroxylation is 2. The molecule has 2 aromatic rings. The molecule has 0 unspecified atom stereocenters. The van der Waals surface area contributed by atoms with E-state index >= 15 is 0 Å². The summed E-state index contributed by atoms with van der Waals surface area (Å²) in [6, 6.07) is 6.39. The van der Waals surface area contributed by atoms with E-state index in [1.807, 2.05) is 4.90 Å². The van der Waals surface area contributed by atoms with Crippen LogP contribution in [0.1, 0.15) is 41.4 Å². The highest BCUT2D eigenvalue weighted by Gasteiger charge is 2.37. The number of likely N-dealkylation sites (tertiary alicyclic amines) is 1. The monoisotopic (exact) mass is 326 g/mol. The molecule has 1 amide bonds. The van der Waals surface area contributed by atoms with Crippen LogP contribution in [0.3, 0.4) is 0 Å². The molecule has 1 fully saturated rings. The van der Waals surface area contributed by atoms with E-state index in [9.17, 15) is 4.79 Å². The molecule has 0 saturated carbocycles. The Hall–Kier alpha value is -2.21. The molecule has 1 N–H and O–H groups in total. The number of hydrogen-bond acceptors (Lipinski definition) is 4. The van der Waals surface area contributed by atoms with Crippen LogP contribution in [-0.4, -0.2) is 45.7 Å². The van der Waals surface area contributed by atoms with Crippen molar-refractivity contribution in [2.24, 2.45) is 0 Å². The number of hydrogen-bond donors (Lipinski definition) is 1. The van der Waals surface area contributed by atoms with Gasteiger partial charge in [-0.2, -0.15) is 5.10 Å². The lowest BCUT2D eigenvalue weighted by Gasteiger charge is -2.23. The maximum atomic E-state index is 12.9. The van der Waals surface area contributed by atoms with Crippen molar-refractivity contribution in [3.05, 3.63) is 47.0 Å². The van der Waals surface area contributed by atoms with Gasteiger partial charge in [-0.25, -0.2) is 4.98 Å². The van der Waals surface area contributed by atoms with Crippen molar-refractivity contribution in [2.75, 3.05) is 13.7 Å². The van der Waals surface area contributed by atoms with Crippen LogP contribution >= 0.6 is 0 Å². The maximum Gasteiger partial charge on any atom is 0.227 e. The first-order valence-corrected chi connectivity index (χ1v) is 8.53. The van der Waals surface area contributed by atoms with Gasteiger partial charge in [-0.1, -0.05) is 18.2 Å². The number of ether oxygens (including phenoxy) is 1. The Labute approximate surface area is 141 Å². The minimum Gasteiger partial charge on any atom is -0.380 e. The molecule has 24 heavy (non-hydrogen) atoms. The van der Waals surface area contributed by atoms with E-state index < -0.39 is 0 Å². The molecule has 1 aliphatic heterocycles. The normalized spacial score (nSPS) is 22.8. The van der Waals surface area contributed by atoms with Crippen molar-refractivity contribution < 1.29 is 9.53 Å². The van der Waals surface area contributed by atoms with E-state index in [1.165, 1.54) is 30.3 Å². The summed E-state index contributed by atoms with van der Waals surface area (Å²) in [5.41, 5.74) is 3.94. The molecule has 126 valence electrons. The number of fused-ring (bicyclic) bond motifs is 1. The van der Waals surface area contributed by atoms with Crippen LogP contribution in [0.4, 0.5) is 0 Å². The van der Waals surface area contributed by atoms with Gasteiger partial charge < -0.3 is 9.64 Å². The topological polar surface area (TPSA) is 71.1 Å². The average molecular weight is 326 g/mol. The smallest absolute Gasteiger partial charge is 0.227 e. The molecule has 2 heterocycles. The van der Waals surface area contributed by atoms with Crippen LogP contribution in [0.15, 0.2) is 24.5 Å². The molecule has 1 aliphatic carbocycles. The zero-order chi connectivity index (χ0) is 16.5. The van der Waals surface area contributed by atoms with Gasteiger partial charge >= 0.3 is 0 Å². The van der Waals surface area contributed by atoms with Gasteiger partial charge in [-0.15, -0.1) is 0 Å². The van der Waals surface area contributed by atoms with Gasteiger partial charge in [0.2, 0.25) is 5.91 Å². The SMILES string of the molecule is CO[C@@H]1C[C@@H](c2ncn[nH]2)N(C(=O)Cc2ccc3c(c2)CCC3)C1. The fourth-order valence-corrected chi connectivity index (χ4v) is 3.89. The Morgan fingerprint density at radius 1 is 1.38 bits per heavy atom. The Kier molecular flexibility index (Phi) is 4.06.